The van der Waals surface area contributed by atoms with Crippen LogP contribution >= 0.6 is 0 Å². The van der Waals surface area contributed by atoms with Crippen LogP contribution in [0.3, 0.4) is 0 Å². The molecule has 1 heterocycles. The van der Waals surface area contributed by atoms with Gasteiger partial charge in [-0.1, -0.05) is 29.7 Å². The Labute approximate surface area is 314 Å². The maximum absolute atomic E-state index is 13.4. The SMILES string of the molecule is C#Cc1ccc2c(c1)C(=O)N(c1cc(C(=O)OCCOC(=O)c3cccc(C)c3)cc(C(=O)OCCOC(=O)c3cccc(C(=O)OCCOC)c3)c1)C2=O. The summed E-state index contributed by atoms with van der Waals surface area (Å²) in [7, 11) is 1.46. The van der Waals surface area contributed by atoms with Gasteiger partial charge in [-0.05, 0) is 73.7 Å². The lowest BCUT2D eigenvalue weighted by Crippen LogP contribution is -2.30. The van der Waals surface area contributed by atoms with E-state index in [2.05, 4.69) is 5.92 Å². The molecule has 4 aromatic rings. The number of terminal acetylenes is 1. The molecule has 0 bridgehead atoms. The first-order valence-electron chi connectivity index (χ1n) is 16.7. The van der Waals surface area contributed by atoms with Crippen molar-refractivity contribution < 1.29 is 62.0 Å². The van der Waals surface area contributed by atoms with Crippen LogP contribution in [-0.2, 0) is 28.4 Å². The highest BCUT2D eigenvalue weighted by atomic mass is 16.6. The topological polar surface area (TPSA) is 178 Å². The average Bonchev–Trinajstić information content (AvgIpc) is 3.45. The van der Waals surface area contributed by atoms with Crippen molar-refractivity contribution in [1.29, 1.82) is 0 Å². The van der Waals surface area contributed by atoms with E-state index in [9.17, 15) is 33.6 Å². The van der Waals surface area contributed by atoms with E-state index in [0.717, 1.165) is 16.5 Å². The van der Waals surface area contributed by atoms with Gasteiger partial charge in [-0.3, -0.25) is 9.59 Å². The van der Waals surface area contributed by atoms with Crippen LogP contribution < -0.4 is 4.90 Å². The summed E-state index contributed by atoms with van der Waals surface area (Å²) in [4.78, 5) is 91.3. The smallest absolute Gasteiger partial charge is 0.338 e. The lowest BCUT2D eigenvalue weighted by Gasteiger charge is -2.17. The van der Waals surface area contributed by atoms with E-state index < -0.39 is 54.9 Å². The minimum atomic E-state index is -0.994. The highest BCUT2D eigenvalue weighted by molar-refractivity contribution is 6.34. The van der Waals surface area contributed by atoms with Gasteiger partial charge in [-0.15, -0.1) is 6.42 Å². The number of carbonyl (C=O) groups is 7. The van der Waals surface area contributed by atoms with E-state index in [4.69, 9.17) is 34.8 Å². The molecule has 1 aliphatic rings. The first-order chi connectivity index (χ1) is 26.5. The van der Waals surface area contributed by atoms with E-state index in [-0.39, 0.29) is 65.5 Å². The molecule has 0 saturated heterocycles. The number of fused-ring (bicyclic) bond motifs is 1. The molecule has 14 heteroatoms. The van der Waals surface area contributed by atoms with Crippen molar-refractivity contribution in [2.45, 2.75) is 6.92 Å². The van der Waals surface area contributed by atoms with Gasteiger partial charge in [0.25, 0.3) is 11.8 Å². The minimum Gasteiger partial charge on any atom is -0.460 e. The van der Waals surface area contributed by atoms with Crippen LogP contribution in [-0.4, -0.2) is 88.4 Å². The number of hydrogen-bond donors (Lipinski definition) is 0. The molecule has 0 aromatic heterocycles. The maximum atomic E-state index is 13.4. The normalized spacial score (nSPS) is 11.6. The summed E-state index contributed by atoms with van der Waals surface area (Å²) in [5.41, 5.74) is 1.16. The largest absolute Gasteiger partial charge is 0.460 e. The number of methoxy groups -OCH3 is 1. The molecule has 0 atom stereocenters. The molecule has 0 saturated carbocycles. The van der Waals surface area contributed by atoms with Gasteiger partial charge in [0.05, 0.1) is 51.2 Å². The molecule has 55 heavy (non-hydrogen) atoms. The van der Waals surface area contributed by atoms with Gasteiger partial charge in [0.1, 0.15) is 33.0 Å². The third-order valence-corrected chi connectivity index (χ3v) is 7.91. The van der Waals surface area contributed by atoms with Gasteiger partial charge < -0.3 is 28.4 Å². The van der Waals surface area contributed by atoms with E-state index in [1.807, 2.05) is 13.0 Å². The van der Waals surface area contributed by atoms with Gasteiger partial charge >= 0.3 is 29.8 Å². The summed E-state index contributed by atoms with van der Waals surface area (Å²) in [6.45, 7) is 0.582. The lowest BCUT2D eigenvalue weighted by molar-refractivity contribution is 0.0260. The Morgan fingerprint density at radius 1 is 0.545 bits per heavy atom. The number of benzene rings is 4. The van der Waals surface area contributed by atoms with Crippen LogP contribution in [0.25, 0.3) is 0 Å². The van der Waals surface area contributed by atoms with Crippen LogP contribution in [0.15, 0.2) is 84.9 Å². The highest BCUT2D eigenvalue weighted by Gasteiger charge is 2.37. The standard InChI is InChI=1S/C41H33NO13/c1-4-26-11-12-33-34(20-26)36(44)42(35(33)43)32-23-30(40(48)54-17-15-52-37(45)27-8-5-7-25(2)19-27)22-31(24-32)41(49)55-18-16-53-39(47)29-10-6-9-28(21-29)38(46)51-14-13-50-3/h1,5-12,19-24H,13-18H2,2-3H3. The highest BCUT2D eigenvalue weighted by Crippen LogP contribution is 2.31. The Kier molecular flexibility index (Phi) is 12.9. The monoisotopic (exact) mass is 747 g/mol. The van der Waals surface area contributed by atoms with E-state index >= 15 is 0 Å². The van der Waals surface area contributed by atoms with E-state index in [0.29, 0.717) is 11.1 Å². The Hall–Kier alpha value is -7.11. The van der Waals surface area contributed by atoms with Crippen LogP contribution in [0.5, 0.6) is 0 Å². The van der Waals surface area contributed by atoms with Crippen molar-refractivity contribution in [3.8, 4) is 12.3 Å². The molecule has 0 fully saturated rings. The molecule has 280 valence electrons. The number of anilines is 1. The minimum absolute atomic E-state index is 0.0265. The Bertz CT molecular complexity index is 2220. The van der Waals surface area contributed by atoms with Crippen LogP contribution in [0.2, 0.25) is 0 Å². The van der Waals surface area contributed by atoms with Gasteiger partial charge in [0, 0.05) is 12.7 Å². The van der Waals surface area contributed by atoms with E-state index in [1.165, 1.54) is 61.7 Å². The molecule has 14 nitrogen and oxygen atoms in total. The molecular weight excluding hydrogens is 714 g/mol. The first kappa shape index (κ1) is 39.1. The van der Waals surface area contributed by atoms with E-state index in [1.54, 1.807) is 18.2 Å². The Morgan fingerprint density at radius 3 is 1.47 bits per heavy atom. The van der Waals surface area contributed by atoms with Crippen molar-refractivity contribution in [3.63, 3.8) is 0 Å². The first-order valence-corrected chi connectivity index (χ1v) is 16.7. The lowest BCUT2D eigenvalue weighted by atomic mass is 10.1. The predicted octanol–water partition coefficient (Wildman–Crippen LogP) is 4.61. The van der Waals surface area contributed by atoms with Crippen LogP contribution in [0.1, 0.15) is 83.6 Å². The maximum Gasteiger partial charge on any atom is 0.338 e. The number of esters is 5. The van der Waals surface area contributed by atoms with Crippen LogP contribution in [0.4, 0.5) is 5.69 Å². The molecular formula is C41H33NO13. The molecule has 0 radical (unpaired) electrons. The summed E-state index contributed by atoms with van der Waals surface area (Å²) in [6.07, 6.45) is 5.47. The molecule has 5 rings (SSSR count). The van der Waals surface area contributed by atoms with Gasteiger partial charge in [-0.2, -0.15) is 0 Å². The van der Waals surface area contributed by atoms with Gasteiger partial charge in [0.2, 0.25) is 0 Å². The summed E-state index contributed by atoms with van der Waals surface area (Å²) in [5.74, 6) is -3.12. The summed E-state index contributed by atoms with van der Waals surface area (Å²) >= 11 is 0. The second-order valence-electron chi connectivity index (χ2n) is 11.7. The van der Waals surface area contributed by atoms with Crippen molar-refractivity contribution in [2.24, 2.45) is 0 Å². The second kappa shape index (κ2) is 18.1. The van der Waals surface area contributed by atoms with Crippen molar-refractivity contribution in [1.82, 2.24) is 0 Å². The molecule has 1 aliphatic heterocycles. The van der Waals surface area contributed by atoms with Crippen molar-refractivity contribution in [2.75, 3.05) is 51.7 Å². The van der Waals surface area contributed by atoms with Crippen molar-refractivity contribution >= 4 is 47.3 Å². The number of ether oxygens (including phenoxy) is 6. The zero-order chi connectivity index (χ0) is 39.5. The predicted molar refractivity (Wildman–Crippen MR) is 193 cm³/mol. The molecule has 0 aliphatic carbocycles. The van der Waals surface area contributed by atoms with Crippen LogP contribution in [0, 0.1) is 19.3 Å². The quantitative estimate of drug-likeness (QED) is 0.0542. The summed E-state index contributed by atoms with van der Waals surface area (Å²) in [6, 6.07) is 20.2. The Morgan fingerprint density at radius 2 is 0.982 bits per heavy atom. The number of carbonyl (C=O) groups excluding carboxylic acids is 7. The number of aryl methyl sites for hydroxylation is 1. The molecule has 4 aromatic carbocycles. The van der Waals surface area contributed by atoms with Gasteiger partial charge in [-0.25, -0.2) is 28.9 Å². The molecule has 0 unspecified atom stereocenters. The average molecular weight is 748 g/mol. The molecule has 0 spiro atoms. The number of rotatable bonds is 15. The fourth-order valence-electron chi connectivity index (χ4n) is 5.26. The second-order valence-corrected chi connectivity index (χ2v) is 11.7. The third kappa shape index (κ3) is 9.66. The summed E-state index contributed by atoms with van der Waals surface area (Å²) < 4.78 is 30.8. The molecule has 2 amide bonds. The zero-order valence-corrected chi connectivity index (χ0v) is 29.7. The fourth-order valence-corrected chi connectivity index (χ4v) is 5.26. The van der Waals surface area contributed by atoms with Gasteiger partial charge in [0.15, 0.2) is 0 Å². The Balaban J connectivity index is 1.27. The third-order valence-electron chi connectivity index (χ3n) is 7.91. The number of nitrogens with zero attached hydrogens (tertiary/aromatic N) is 1. The zero-order valence-electron chi connectivity index (χ0n) is 29.7. The summed E-state index contributed by atoms with van der Waals surface area (Å²) in [5, 5.41) is 0. The molecule has 0 N–H and O–H groups in total. The number of hydrogen-bond acceptors (Lipinski definition) is 13. The number of imide groups is 1. The fraction of sp³-hybridized carbons (Fsp3) is 0.195. The van der Waals surface area contributed by atoms with Crippen molar-refractivity contribution in [3.05, 3.63) is 135 Å². The number of amides is 2.